The molecule has 0 spiro atoms. The van der Waals surface area contributed by atoms with Crippen molar-refractivity contribution in [1.82, 2.24) is 14.6 Å². The van der Waals surface area contributed by atoms with Crippen molar-refractivity contribution in [3.05, 3.63) is 57.7 Å². The number of halogens is 2. The molecular formula is C14H12BrClN4. The summed E-state index contributed by atoms with van der Waals surface area (Å²) >= 11 is 9.36. The molecule has 1 unspecified atom stereocenters. The summed E-state index contributed by atoms with van der Waals surface area (Å²) in [5.74, 6) is 0.586. The van der Waals surface area contributed by atoms with Crippen molar-refractivity contribution in [3.63, 3.8) is 0 Å². The van der Waals surface area contributed by atoms with Crippen LogP contribution in [0, 0.1) is 0 Å². The van der Waals surface area contributed by atoms with Crippen LogP contribution in [0.1, 0.15) is 18.5 Å². The van der Waals surface area contributed by atoms with Crippen LogP contribution in [0.3, 0.4) is 0 Å². The van der Waals surface area contributed by atoms with Crippen LogP contribution >= 0.6 is 27.5 Å². The van der Waals surface area contributed by atoms with Gasteiger partial charge in [-0.3, -0.25) is 0 Å². The van der Waals surface area contributed by atoms with Gasteiger partial charge in [-0.05, 0) is 36.8 Å². The standard InChI is InChI=1S/C14H12BrClN4/c1-9(10-2-4-11(15)5-3-10)17-14-18-13-7-6-12(16)8-20(13)19-14/h2-9H,1H3,(H,17,19). The largest absolute Gasteiger partial charge is 0.346 e. The Morgan fingerprint density at radius 2 is 1.95 bits per heavy atom. The number of rotatable bonds is 3. The molecule has 0 bridgehead atoms. The first kappa shape index (κ1) is 13.4. The second-order valence-electron chi connectivity index (χ2n) is 4.50. The molecule has 2 aromatic heterocycles. The minimum absolute atomic E-state index is 0.121. The number of nitrogens with one attached hydrogen (secondary N) is 1. The molecular weight excluding hydrogens is 340 g/mol. The van der Waals surface area contributed by atoms with E-state index in [1.54, 1.807) is 16.8 Å². The Balaban J connectivity index is 1.83. The molecule has 2 heterocycles. The molecule has 1 N–H and O–H groups in total. The first-order valence-electron chi connectivity index (χ1n) is 6.16. The van der Waals surface area contributed by atoms with E-state index in [1.807, 2.05) is 18.2 Å². The highest BCUT2D eigenvalue weighted by atomic mass is 79.9. The summed E-state index contributed by atoms with van der Waals surface area (Å²) in [5, 5.41) is 8.28. The summed E-state index contributed by atoms with van der Waals surface area (Å²) in [6.07, 6.45) is 1.74. The van der Waals surface area contributed by atoms with E-state index in [0.29, 0.717) is 11.0 Å². The number of benzene rings is 1. The number of anilines is 1. The van der Waals surface area contributed by atoms with Crippen LogP contribution in [0.2, 0.25) is 5.02 Å². The van der Waals surface area contributed by atoms with Crippen molar-refractivity contribution in [2.24, 2.45) is 0 Å². The fraction of sp³-hybridized carbons (Fsp3) is 0.143. The van der Waals surface area contributed by atoms with E-state index >= 15 is 0 Å². The van der Waals surface area contributed by atoms with Crippen molar-refractivity contribution in [3.8, 4) is 0 Å². The van der Waals surface area contributed by atoms with Gasteiger partial charge in [0.25, 0.3) is 0 Å². The Morgan fingerprint density at radius 1 is 1.20 bits per heavy atom. The Hall–Kier alpha value is -1.59. The molecule has 102 valence electrons. The number of hydrogen-bond donors (Lipinski definition) is 1. The van der Waals surface area contributed by atoms with Crippen LogP contribution in [-0.2, 0) is 0 Å². The lowest BCUT2D eigenvalue weighted by Crippen LogP contribution is -2.07. The lowest BCUT2D eigenvalue weighted by atomic mass is 10.1. The molecule has 1 aromatic carbocycles. The van der Waals surface area contributed by atoms with Crippen molar-refractivity contribution >= 4 is 39.1 Å². The number of nitrogens with zero attached hydrogens (tertiary/aromatic N) is 3. The van der Waals surface area contributed by atoms with Crippen LogP contribution in [0.15, 0.2) is 47.1 Å². The minimum Gasteiger partial charge on any atom is -0.346 e. The second kappa shape index (κ2) is 5.42. The van der Waals surface area contributed by atoms with Crippen LogP contribution < -0.4 is 5.32 Å². The van der Waals surface area contributed by atoms with Gasteiger partial charge in [-0.15, -0.1) is 5.10 Å². The molecule has 3 aromatic rings. The van der Waals surface area contributed by atoms with Crippen LogP contribution in [-0.4, -0.2) is 14.6 Å². The second-order valence-corrected chi connectivity index (χ2v) is 5.86. The number of pyridine rings is 1. The fourth-order valence-corrected chi connectivity index (χ4v) is 2.37. The van der Waals surface area contributed by atoms with E-state index in [1.165, 1.54) is 5.56 Å². The van der Waals surface area contributed by atoms with E-state index in [4.69, 9.17) is 11.6 Å². The monoisotopic (exact) mass is 350 g/mol. The Morgan fingerprint density at radius 3 is 2.70 bits per heavy atom. The molecule has 20 heavy (non-hydrogen) atoms. The summed E-state index contributed by atoms with van der Waals surface area (Å²) in [6, 6.07) is 11.9. The quantitative estimate of drug-likeness (QED) is 0.764. The van der Waals surface area contributed by atoms with Crippen molar-refractivity contribution in [1.29, 1.82) is 0 Å². The van der Waals surface area contributed by atoms with Crippen LogP contribution in [0.4, 0.5) is 5.95 Å². The molecule has 3 rings (SSSR count). The predicted octanol–water partition coefficient (Wildman–Crippen LogP) is 4.32. The zero-order chi connectivity index (χ0) is 14.1. The minimum atomic E-state index is 0.121. The van der Waals surface area contributed by atoms with Gasteiger partial charge in [-0.2, -0.15) is 4.98 Å². The first-order chi connectivity index (χ1) is 9.61. The third kappa shape index (κ3) is 2.78. The van der Waals surface area contributed by atoms with Gasteiger partial charge < -0.3 is 5.32 Å². The normalized spacial score (nSPS) is 12.6. The van der Waals surface area contributed by atoms with E-state index in [9.17, 15) is 0 Å². The topological polar surface area (TPSA) is 42.2 Å². The average molecular weight is 352 g/mol. The van der Waals surface area contributed by atoms with Gasteiger partial charge in [0, 0.05) is 10.7 Å². The predicted molar refractivity (Wildman–Crippen MR) is 84.2 cm³/mol. The summed E-state index contributed by atoms with van der Waals surface area (Å²) in [4.78, 5) is 4.41. The molecule has 0 radical (unpaired) electrons. The SMILES string of the molecule is CC(Nc1nc2ccc(Cl)cn2n1)c1ccc(Br)cc1. The van der Waals surface area contributed by atoms with Gasteiger partial charge in [0.15, 0.2) is 5.65 Å². The zero-order valence-corrected chi connectivity index (χ0v) is 13.1. The molecule has 0 amide bonds. The fourth-order valence-electron chi connectivity index (χ4n) is 1.95. The summed E-state index contributed by atoms with van der Waals surface area (Å²) in [7, 11) is 0. The van der Waals surface area contributed by atoms with Gasteiger partial charge in [0.05, 0.1) is 11.1 Å². The van der Waals surface area contributed by atoms with E-state index in [0.717, 1.165) is 10.1 Å². The van der Waals surface area contributed by atoms with Gasteiger partial charge in [-0.25, -0.2) is 4.52 Å². The van der Waals surface area contributed by atoms with Crippen molar-refractivity contribution in [2.75, 3.05) is 5.32 Å². The first-order valence-corrected chi connectivity index (χ1v) is 7.33. The third-order valence-electron chi connectivity index (χ3n) is 3.01. The third-order valence-corrected chi connectivity index (χ3v) is 3.76. The van der Waals surface area contributed by atoms with Crippen molar-refractivity contribution < 1.29 is 0 Å². The summed E-state index contributed by atoms with van der Waals surface area (Å²) in [6.45, 7) is 2.07. The molecule has 0 aliphatic carbocycles. The maximum Gasteiger partial charge on any atom is 0.243 e. The number of hydrogen-bond acceptors (Lipinski definition) is 3. The van der Waals surface area contributed by atoms with Crippen molar-refractivity contribution in [2.45, 2.75) is 13.0 Å². The van der Waals surface area contributed by atoms with E-state index in [-0.39, 0.29) is 6.04 Å². The molecule has 4 nitrogen and oxygen atoms in total. The molecule has 1 atom stereocenters. The molecule has 0 aliphatic heterocycles. The van der Waals surface area contributed by atoms with Crippen LogP contribution in [0.5, 0.6) is 0 Å². The highest BCUT2D eigenvalue weighted by Crippen LogP contribution is 2.20. The highest BCUT2D eigenvalue weighted by Gasteiger charge is 2.09. The van der Waals surface area contributed by atoms with Gasteiger partial charge >= 0.3 is 0 Å². The van der Waals surface area contributed by atoms with Gasteiger partial charge in [0.2, 0.25) is 5.95 Å². The maximum absolute atomic E-state index is 5.93. The smallest absolute Gasteiger partial charge is 0.243 e. The maximum atomic E-state index is 5.93. The molecule has 0 aliphatic rings. The average Bonchev–Trinajstić information content (AvgIpc) is 2.80. The Bertz CT molecular complexity index is 739. The lowest BCUT2D eigenvalue weighted by molar-refractivity contribution is 0.852. The number of fused-ring (bicyclic) bond motifs is 1. The molecule has 0 saturated carbocycles. The van der Waals surface area contributed by atoms with Crippen LogP contribution in [0.25, 0.3) is 5.65 Å². The van der Waals surface area contributed by atoms with E-state index < -0.39 is 0 Å². The van der Waals surface area contributed by atoms with Gasteiger partial charge in [-0.1, -0.05) is 39.7 Å². The molecule has 0 fully saturated rings. The lowest BCUT2D eigenvalue weighted by Gasteiger charge is -2.12. The van der Waals surface area contributed by atoms with E-state index in [2.05, 4.69) is 50.4 Å². The Labute approximate surface area is 129 Å². The Kier molecular flexibility index (Phi) is 3.63. The molecule has 6 heteroatoms. The zero-order valence-electron chi connectivity index (χ0n) is 10.7. The molecule has 0 saturated heterocycles. The highest BCUT2D eigenvalue weighted by molar-refractivity contribution is 9.10. The van der Waals surface area contributed by atoms with Gasteiger partial charge in [0.1, 0.15) is 0 Å². The number of aromatic nitrogens is 3. The summed E-state index contributed by atoms with van der Waals surface area (Å²) in [5.41, 5.74) is 1.94. The summed E-state index contributed by atoms with van der Waals surface area (Å²) < 4.78 is 2.73.